The van der Waals surface area contributed by atoms with Gasteiger partial charge in [0.2, 0.25) is 5.13 Å². The molecule has 3 rings (SSSR count). The zero-order valence-electron chi connectivity index (χ0n) is 12.1. The third-order valence-electron chi connectivity index (χ3n) is 3.08. The van der Waals surface area contributed by atoms with Crippen LogP contribution >= 0.6 is 22.9 Å². The van der Waals surface area contributed by atoms with Gasteiger partial charge < -0.3 is 4.74 Å². The molecule has 1 N–H and O–H groups in total. The molecule has 1 heterocycles. The van der Waals surface area contributed by atoms with Crippen molar-refractivity contribution < 1.29 is 9.53 Å². The Bertz CT molecular complexity index is 851. The lowest BCUT2D eigenvalue weighted by Gasteiger charge is -2.03. The van der Waals surface area contributed by atoms with Crippen LogP contribution in [0.15, 0.2) is 48.5 Å². The minimum absolute atomic E-state index is 0.272. The Morgan fingerprint density at radius 3 is 2.78 bits per heavy atom. The van der Waals surface area contributed by atoms with Gasteiger partial charge in [-0.15, -0.1) is 10.2 Å². The third-order valence-corrected chi connectivity index (χ3v) is 4.28. The summed E-state index contributed by atoms with van der Waals surface area (Å²) in [7, 11) is 1.55. The molecule has 1 amide bonds. The summed E-state index contributed by atoms with van der Waals surface area (Å²) in [6.07, 6.45) is 0. The molecule has 0 aliphatic heterocycles. The molecule has 0 spiro atoms. The third kappa shape index (κ3) is 3.49. The van der Waals surface area contributed by atoms with Crippen LogP contribution < -0.4 is 10.1 Å². The van der Waals surface area contributed by atoms with E-state index in [4.69, 9.17) is 16.3 Å². The van der Waals surface area contributed by atoms with E-state index in [1.807, 2.05) is 18.2 Å². The van der Waals surface area contributed by atoms with Gasteiger partial charge in [0, 0.05) is 11.1 Å². The number of halogens is 1. The van der Waals surface area contributed by atoms with Crippen LogP contribution in [0.25, 0.3) is 10.6 Å². The number of rotatable bonds is 4. The van der Waals surface area contributed by atoms with Crippen molar-refractivity contribution in [3.05, 3.63) is 59.1 Å². The summed E-state index contributed by atoms with van der Waals surface area (Å²) in [4.78, 5) is 12.2. The Morgan fingerprint density at radius 2 is 2.00 bits per heavy atom. The van der Waals surface area contributed by atoms with Crippen molar-refractivity contribution in [1.82, 2.24) is 10.2 Å². The van der Waals surface area contributed by atoms with Gasteiger partial charge in [0.1, 0.15) is 5.75 Å². The van der Waals surface area contributed by atoms with Gasteiger partial charge in [-0.3, -0.25) is 10.1 Å². The van der Waals surface area contributed by atoms with Crippen LogP contribution in [-0.4, -0.2) is 23.2 Å². The van der Waals surface area contributed by atoms with E-state index in [1.54, 1.807) is 37.4 Å². The number of anilines is 1. The highest BCUT2D eigenvalue weighted by atomic mass is 35.5. The monoisotopic (exact) mass is 345 g/mol. The number of amides is 1. The number of hydrogen-bond donors (Lipinski definition) is 1. The number of benzene rings is 2. The van der Waals surface area contributed by atoms with E-state index >= 15 is 0 Å². The molecule has 0 aliphatic rings. The first kappa shape index (κ1) is 15.5. The van der Waals surface area contributed by atoms with E-state index in [0.29, 0.717) is 26.5 Å². The fraction of sp³-hybridized carbons (Fsp3) is 0.0625. The molecule has 0 fully saturated rings. The Hall–Kier alpha value is -2.44. The second-order valence-electron chi connectivity index (χ2n) is 4.58. The molecule has 23 heavy (non-hydrogen) atoms. The molecule has 0 aliphatic carbocycles. The van der Waals surface area contributed by atoms with Crippen molar-refractivity contribution in [3.63, 3.8) is 0 Å². The number of nitrogens with one attached hydrogen (secondary N) is 1. The van der Waals surface area contributed by atoms with E-state index in [2.05, 4.69) is 15.5 Å². The van der Waals surface area contributed by atoms with E-state index in [1.165, 1.54) is 11.3 Å². The molecular formula is C16H12ClN3O2S. The summed E-state index contributed by atoms with van der Waals surface area (Å²) in [5.41, 5.74) is 1.27. The Balaban J connectivity index is 1.79. The van der Waals surface area contributed by atoms with Gasteiger partial charge in [-0.1, -0.05) is 47.2 Å². The Labute approximate surface area is 141 Å². The second-order valence-corrected chi connectivity index (χ2v) is 5.96. The Kier molecular flexibility index (Phi) is 4.55. The van der Waals surface area contributed by atoms with E-state index in [9.17, 15) is 4.79 Å². The first-order valence-corrected chi connectivity index (χ1v) is 7.90. The average molecular weight is 346 g/mol. The minimum atomic E-state index is -0.272. The molecule has 116 valence electrons. The number of ether oxygens (including phenoxy) is 1. The van der Waals surface area contributed by atoms with Crippen molar-refractivity contribution in [3.8, 4) is 16.3 Å². The quantitative estimate of drug-likeness (QED) is 0.772. The van der Waals surface area contributed by atoms with Crippen molar-refractivity contribution in [1.29, 1.82) is 0 Å². The van der Waals surface area contributed by atoms with Gasteiger partial charge in [0.15, 0.2) is 5.01 Å². The molecule has 0 saturated heterocycles. The number of carbonyl (C=O) groups is 1. The molecule has 3 aromatic rings. The number of methoxy groups -OCH3 is 1. The predicted octanol–water partition coefficient (Wildman–Crippen LogP) is 4.12. The second kappa shape index (κ2) is 6.76. The number of carbonyl (C=O) groups excluding carboxylic acids is 1. The largest absolute Gasteiger partial charge is 0.497 e. The molecule has 0 saturated carbocycles. The molecule has 0 unspecified atom stereocenters. The summed E-state index contributed by atoms with van der Waals surface area (Å²) in [6.45, 7) is 0. The van der Waals surface area contributed by atoms with Crippen molar-refractivity contribution in [2.45, 2.75) is 0 Å². The van der Waals surface area contributed by atoms with Gasteiger partial charge in [0.05, 0.1) is 12.1 Å². The first-order chi connectivity index (χ1) is 11.2. The molecule has 0 atom stereocenters. The highest BCUT2D eigenvalue weighted by Crippen LogP contribution is 2.31. The van der Waals surface area contributed by atoms with Crippen LogP contribution in [0.5, 0.6) is 5.75 Å². The van der Waals surface area contributed by atoms with Crippen molar-refractivity contribution in [2.75, 3.05) is 12.4 Å². The van der Waals surface area contributed by atoms with Gasteiger partial charge >= 0.3 is 0 Å². The number of hydrogen-bond acceptors (Lipinski definition) is 5. The fourth-order valence-corrected chi connectivity index (χ4v) is 3.01. The smallest absolute Gasteiger partial charge is 0.257 e. The molecule has 0 radical (unpaired) electrons. The van der Waals surface area contributed by atoms with Crippen molar-refractivity contribution >= 4 is 34.0 Å². The normalized spacial score (nSPS) is 10.3. The van der Waals surface area contributed by atoms with E-state index < -0.39 is 0 Å². The van der Waals surface area contributed by atoms with Crippen LogP contribution in [-0.2, 0) is 0 Å². The van der Waals surface area contributed by atoms with E-state index in [-0.39, 0.29) is 5.91 Å². The SMILES string of the molecule is COc1cccc(C(=O)Nc2nnc(-c3ccccc3Cl)s2)c1. The van der Waals surface area contributed by atoms with Crippen LogP contribution in [0.2, 0.25) is 5.02 Å². The molecule has 0 bridgehead atoms. The summed E-state index contributed by atoms with van der Waals surface area (Å²) < 4.78 is 5.11. The van der Waals surface area contributed by atoms with Gasteiger partial charge in [-0.25, -0.2) is 0 Å². The minimum Gasteiger partial charge on any atom is -0.497 e. The first-order valence-electron chi connectivity index (χ1n) is 6.71. The summed E-state index contributed by atoms with van der Waals surface area (Å²) >= 11 is 7.40. The molecule has 1 aromatic heterocycles. The van der Waals surface area contributed by atoms with Crippen molar-refractivity contribution in [2.24, 2.45) is 0 Å². The van der Waals surface area contributed by atoms with E-state index in [0.717, 1.165) is 5.56 Å². The maximum atomic E-state index is 12.2. The molecule has 2 aromatic carbocycles. The average Bonchev–Trinajstić information content (AvgIpc) is 3.03. The molecular weight excluding hydrogens is 334 g/mol. The Morgan fingerprint density at radius 1 is 1.17 bits per heavy atom. The van der Waals surface area contributed by atoms with Crippen LogP contribution in [0, 0.1) is 0 Å². The summed E-state index contributed by atoms with van der Waals surface area (Å²) in [5, 5.41) is 12.4. The van der Waals surface area contributed by atoms with Gasteiger partial charge in [-0.2, -0.15) is 0 Å². The van der Waals surface area contributed by atoms with Crippen LogP contribution in [0.3, 0.4) is 0 Å². The predicted molar refractivity (Wildman–Crippen MR) is 91.3 cm³/mol. The maximum Gasteiger partial charge on any atom is 0.257 e. The van der Waals surface area contributed by atoms with Gasteiger partial charge in [0.25, 0.3) is 5.91 Å². The van der Waals surface area contributed by atoms with Crippen LogP contribution in [0.4, 0.5) is 5.13 Å². The number of aromatic nitrogens is 2. The topological polar surface area (TPSA) is 64.1 Å². The summed E-state index contributed by atoms with van der Waals surface area (Å²) in [6, 6.07) is 14.2. The highest BCUT2D eigenvalue weighted by Gasteiger charge is 2.13. The van der Waals surface area contributed by atoms with Crippen LogP contribution in [0.1, 0.15) is 10.4 Å². The lowest BCUT2D eigenvalue weighted by molar-refractivity contribution is 0.102. The zero-order chi connectivity index (χ0) is 16.2. The number of nitrogens with zero attached hydrogens (tertiary/aromatic N) is 2. The highest BCUT2D eigenvalue weighted by molar-refractivity contribution is 7.18. The molecule has 7 heteroatoms. The zero-order valence-corrected chi connectivity index (χ0v) is 13.7. The fourth-order valence-electron chi connectivity index (χ4n) is 1.95. The summed E-state index contributed by atoms with van der Waals surface area (Å²) in [5.74, 6) is 0.345. The standard InChI is InChI=1S/C16H12ClN3O2S/c1-22-11-6-4-5-10(9-11)14(21)18-16-20-19-15(23-16)12-7-2-3-8-13(12)17/h2-9H,1H3,(H,18,20,21). The van der Waals surface area contributed by atoms with Gasteiger partial charge in [-0.05, 0) is 24.3 Å². The maximum absolute atomic E-state index is 12.2. The lowest BCUT2D eigenvalue weighted by atomic mass is 10.2. The lowest BCUT2D eigenvalue weighted by Crippen LogP contribution is -2.11. The molecule has 5 nitrogen and oxygen atoms in total.